The second kappa shape index (κ2) is 26.9. The number of hydrogen-bond donors (Lipinski definition) is 4. The molecule has 0 bridgehead atoms. The molecule has 14 nitrogen and oxygen atoms in total. The summed E-state index contributed by atoms with van der Waals surface area (Å²) in [6.45, 7) is 6.05. The predicted octanol–water partition coefficient (Wildman–Crippen LogP) is 1.84. The van der Waals surface area contributed by atoms with Gasteiger partial charge in [-0.1, -0.05) is 27.7 Å². The number of ether oxygens (including phenoxy) is 7. The number of thiol groups is 3. The first-order valence-corrected chi connectivity index (χ1v) is 18.3. The third kappa shape index (κ3) is 22.7. The van der Waals surface area contributed by atoms with Gasteiger partial charge in [0, 0.05) is 5.75 Å². The molecule has 0 amide bonds. The molecular weight excluding hydrogens is 713 g/mol. The van der Waals surface area contributed by atoms with Crippen LogP contribution in [-0.2, 0) is 61.9 Å². The molecule has 278 valence electrons. The molecule has 48 heavy (non-hydrogen) atoms. The van der Waals surface area contributed by atoms with E-state index in [1.807, 2.05) is 27.7 Å². The Morgan fingerprint density at radius 1 is 0.667 bits per heavy atom. The molecule has 0 fully saturated rings. The zero-order chi connectivity index (χ0) is 36.5. The summed E-state index contributed by atoms with van der Waals surface area (Å²) in [7, 11) is 0. The molecule has 2 atom stereocenters. The van der Waals surface area contributed by atoms with Gasteiger partial charge < -0.3 is 38.3 Å². The topological polar surface area (TPSA) is 187 Å². The highest BCUT2D eigenvalue weighted by atomic mass is 32.2. The summed E-state index contributed by atoms with van der Waals surface area (Å²) in [5.74, 6) is -4.05. The van der Waals surface area contributed by atoms with Crippen molar-refractivity contribution in [2.45, 2.75) is 46.6 Å². The highest BCUT2D eigenvalue weighted by Crippen LogP contribution is 2.23. The molecule has 0 aliphatic rings. The Hall–Kier alpha value is -1.86. The van der Waals surface area contributed by atoms with Crippen molar-refractivity contribution in [2.75, 3.05) is 81.6 Å². The summed E-state index contributed by atoms with van der Waals surface area (Å²) in [6, 6.07) is 0. The average Bonchev–Trinajstić information content (AvgIpc) is 3.06. The molecule has 0 radical (unpaired) electrons. The highest BCUT2D eigenvalue weighted by molar-refractivity contribution is 7.99. The van der Waals surface area contributed by atoms with E-state index >= 15 is 0 Å². The Balaban J connectivity index is 4.57. The third-order valence-corrected chi connectivity index (χ3v) is 7.97. The maximum atomic E-state index is 12.4. The van der Waals surface area contributed by atoms with Gasteiger partial charge in [-0.15, -0.1) is 11.8 Å². The summed E-state index contributed by atoms with van der Waals surface area (Å²) >= 11 is 12.6. The first-order valence-electron chi connectivity index (χ1n) is 15.3. The first-order chi connectivity index (χ1) is 22.7. The van der Waals surface area contributed by atoms with Crippen molar-refractivity contribution < 1.29 is 67.0 Å². The Bertz CT molecular complexity index is 944. The van der Waals surface area contributed by atoms with Crippen LogP contribution >= 0.6 is 49.6 Å². The van der Waals surface area contributed by atoms with Gasteiger partial charge in [-0.2, -0.15) is 37.9 Å². The van der Waals surface area contributed by atoms with Gasteiger partial charge in [0.15, 0.2) is 0 Å². The zero-order valence-corrected chi connectivity index (χ0v) is 31.4. The molecule has 0 heterocycles. The van der Waals surface area contributed by atoms with Gasteiger partial charge in [0.05, 0.1) is 48.6 Å². The predicted molar refractivity (Wildman–Crippen MR) is 186 cm³/mol. The molecule has 0 saturated heterocycles. The van der Waals surface area contributed by atoms with Gasteiger partial charge in [-0.05, 0) is 18.3 Å². The lowest BCUT2D eigenvalue weighted by Crippen LogP contribution is -2.44. The second-order valence-electron chi connectivity index (χ2n) is 11.5. The van der Waals surface area contributed by atoms with Crippen LogP contribution in [0.4, 0.5) is 0 Å². The minimum Gasteiger partial charge on any atom is -0.464 e. The van der Waals surface area contributed by atoms with E-state index in [0.717, 1.165) is 18.2 Å². The monoisotopic (exact) mass is 762 g/mol. The number of esters is 6. The molecule has 0 aromatic heterocycles. The zero-order valence-electron chi connectivity index (χ0n) is 27.9. The molecule has 0 spiro atoms. The van der Waals surface area contributed by atoms with Crippen molar-refractivity contribution >= 4 is 85.5 Å². The summed E-state index contributed by atoms with van der Waals surface area (Å²) in [6.07, 6.45) is -0.406. The standard InChI is InChI=1S/C30H50O14S4/c1-20(2)9-23(21(3)4)29(37)39-7-6-38-10-22(31)11-40-24(32)5-8-48-15-28(36)44-19-30(16-41-25(33)12-45,17-42-26(34)13-46)18-43-27(35)14-47/h20-23,31,45-47H,5-19H2,1-4H3. The second-order valence-corrected chi connectivity index (χ2v) is 13.5. The SMILES string of the molecule is CC(C)CC(C(=O)OCCOCC(O)COC(=O)CCSCC(=O)OCC(COC(=O)CS)(COC(=O)CS)COC(=O)CS)C(C)C. The van der Waals surface area contributed by atoms with Crippen LogP contribution in [0.25, 0.3) is 0 Å². The lowest BCUT2D eigenvalue weighted by atomic mass is 9.88. The quantitative estimate of drug-likeness (QED) is 0.0411. The summed E-state index contributed by atoms with van der Waals surface area (Å²) in [5, 5.41) is 10.0. The van der Waals surface area contributed by atoms with E-state index in [4.69, 9.17) is 33.2 Å². The van der Waals surface area contributed by atoms with Crippen LogP contribution in [0.15, 0.2) is 0 Å². The van der Waals surface area contributed by atoms with E-state index in [-0.39, 0.29) is 79.4 Å². The van der Waals surface area contributed by atoms with E-state index in [1.165, 1.54) is 0 Å². The van der Waals surface area contributed by atoms with Crippen molar-refractivity contribution in [2.24, 2.45) is 23.2 Å². The average molecular weight is 763 g/mol. The molecule has 0 rings (SSSR count). The number of carbonyl (C=O) groups is 6. The molecule has 0 aromatic carbocycles. The van der Waals surface area contributed by atoms with Crippen molar-refractivity contribution in [3.63, 3.8) is 0 Å². The van der Waals surface area contributed by atoms with Crippen LogP contribution in [0.1, 0.15) is 40.5 Å². The fourth-order valence-electron chi connectivity index (χ4n) is 3.66. The molecular formula is C30H50O14S4. The largest absolute Gasteiger partial charge is 0.464 e. The van der Waals surface area contributed by atoms with E-state index < -0.39 is 67.8 Å². The van der Waals surface area contributed by atoms with Gasteiger partial charge in [-0.3, -0.25) is 28.8 Å². The van der Waals surface area contributed by atoms with Gasteiger partial charge in [0.2, 0.25) is 0 Å². The van der Waals surface area contributed by atoms with Crippen molar-refractivity contribution in [3.05, 3.63) is 0 Å². The van der Waals surface area contributed by atoms with E-state index in [9.17, 15) is 33.9 Å². The first kappa shape index (κ1) is 46.1. The third-order valence-electron chi connectivity index (χ3n) is 6.27. The van der Waals surface area contributed by atoms with Crippen LogP contribution in [0.3, 0.4) is 0 Å². The van der Waals surface area contributed by atoms with E-state index in [1.54, 1.807) is 0 Å². The number of carbonyl (C=O) groups excluding carboxylic acids is 6. The Labute approximate surface area is 302 Å². The van der Waals surface area contributed by atoms with Crippen molar-refractivity contribution in [1.82, 2.24) is 0 Å². The van der Waals surface area contributed by atoms with Crippen LogP contribution in [0.2, 0.25) is 0 Å². The molecule has 18 heteroatoms. The smallest absolute Gasteiger partial charge is 0.315 e. The number of aliphatic hydroxyl groups is 1. The number of rotatable bonds is 27. The lowest BCUT2D eigenvalue weighted by Gasteiger charge is -2.31. The van der Waals surface area contributed by atoms with E-state index in [2.05, 4.69) is 37.9 Å². The Kier molecular flexibility index (Phi) is 25.9. The van der Waals surface area contributed by atoms with Crippen LogP contribution in [0.5, 0.6) is 0 Å². The maximum absolute atomic E-state index is 12.4. The van der Waals surface area contributed by atoms with Crippen molar-refractivity contribution in [1.29, 1.82) is 0 Å². The fraction of sp³-hybridized carbons (Fsp3) is 0.800. The summed E-state index contributed by atoms with van der Waals surface area (Å²) in [5.41, 5.74) is -1.42. The minimum atomic E-state index is -1.42. The number of thioether (sulfide) groups is 1. The van der Waals surface area contributed by atoms with Crippen LogP contribution in [0, 0.1) is 23.2 Å². The van der Waals surface area contributed by atoms with Gasteiger partial charge in [0.25, 0.3) is 0 Å². The summed E-state index contributed by atoms with van der Waals surface area (Å²) < 4.78 is 36.3. The maximum Gasteiger partial charge on any atom is 0.315 e. The molecule has 0 aliphatic heterocycles. The van der Waals surface area contributed by atoms with E-state index in [0.29, 0.717) is 5.92 Å². The summed E-state index contributed by atoms with van der Waals surface area (Å²) in [4.78, 5) is 72.0. The van der Waals surface area contributed by atoms with Gasteiger partial charge in [-0.25, -0.2) is 0 Å². The Morgan fingerprint density at radius 3 is 1.62 bits per heavy atom. The van der Waals surface area contributed by atoms with Gasteiger partial charge in [0.1, 0.15) is 51.2 Å². The molecule has 2 unspecified atom stereocenters. The van der Waals surface area contributed by atoms with Crippen molar-refractivity contribution in [3.8, 4) is 0 Å². The van der Waals surface area contributed by atoms with Gasteiger partial charge >= 0.3 is 35.8 Å². The lowest BCUT2D eigenvalue weighted by molar-refractivity contribution is -0.167. The molecule has 0 aliphatic carbocycles. The molecule has 1 N–H and O–H groups in total. The number of aliphatic hydroxyl groups excluding tert-OH is 1. The van der Waals surface area contributed by atoms with Crippen LogP contribution < -0.4 is 0 Å². The minimum absolute atomic E-state index is 0.0455. The molecule has 0 saturated carbocycles. The van der Waals surface area contributed by atoms with Crippen LogP contribution in [-0.4, -0.2) is 129 Å². The highest BCUT2D eigenvalue weighted by Gasteiger charge is 2.38. The number of hydrogen-bond acceptors (Lipinski definition) is 18. The fourth-order valence-corrected chi connectivity index (χ4v) is 4.64. The molecule has 0 aromatic rings. The Morgan fingerprint density at radius 2 is 1.17 bits per heavy atom. The normalized spacial score (nSPS) is 12.6.